The zero-order valence-electron chi connectivity index (χ0n) is 47.6. The maximum absolute atomic E-state index is 2.33. The molecule has 0 spiro atoms. The second kappa shape index (κ2) is 59.3. The summed E-state index contributed by atoms with van der Waals surface area (Å²) in [7, 11) is 0. The molecule has 0 atom stereocenters. The fourth-order valence-electron chi connectivity index (χ4n) is 11.4. The molecule has 1 heteroatoms. The number of quaternary nitrogens is 1. The van der Waals surface area contributed by atoms with E-state index in [0.29, 0.717) is 0 Å². The Morgan fingerprint density at radius 3 is 0.318 bits per heavy atom. The predicted octanol–water partition coefficient (Wildman–Crippen LogP) is 24.1. The van der Waals surface area contributed by atoms with Gasteiger partial charge in [-0.15, -0.1) is 0 Å². The third kappa shape index (κ3) is 53.3. The molecule has 0 saturated carbocycles. The van der Waals surface area contributed by atoms with Gasteiger partial charge in [0.1, 0.15) is 0 Å². The Balaban J connectivity index is 4.94. The van der Waals surface area contributed by atoms with Gasteiger partial charge in [-0.1, -0.05) is 342 Å². The molecule has 0 aliphatic heterocycles. The third-order valence-corrected chi connectivity index (χ3v) is 16.2. The minimum Gasteiger partial charge on any atom is -0.324 e. The van der Waals surface area contributed by atoms with Crippen molar-refractivity contribution in [3.05, 3.63) is 0 Å². The van der Waals surface area contributed by atoms with Gasteiger partial charge in [-0.3, -0.25) is 0 Å². The summed E-state index contributed by atoms with van der Waals surface area (Å²) in [5, 5.41) is 0. The zero-order valence-corrected chi connectivity index (χ0v) is 47.6. The van der Waals surface area contributed by atoms with Crippen LogP contribution in [0.3, 0.4) is 0 Å². The van der Waals surface area contributed by atoms with Crippen molar-refractivity contribution in [3.8, 4) is 0 Å². The number of unbranched alkanes of at least 4 members (excludes halogenated alkanes) is 53. The highest BCUT2D eigenvalue weighted by Crippen LogP contribution is 2.23. The summed E-state index contributed by atoms with van der Waals surface area (Å²) in [5.41, 5.74) is 0. The molecule has 0 aromatic carbocycles. The number of nitrogens with zero attached hydrogens (tertiary/aromatic N) is 1. The molecule has 0 heterocycles. The van der Waals surface area contributed by atoms with Crippen molar-refractivity contribution in [1.29, 1.82) is 0 Å². The Hall–Kier alpha value is -0.0400. The first-order valence-corrected chi connectivity index (χ1v) is 32.6. The van der Waals surface area contributed by atoms with Crippen LogP contribution < -0.4 is 0 Å². The van der Waals surface area contributed by atoms with Crippen molar-refractivity contribution in [2.75, 3.05) is 26.2 Å². The van der Waals surface area contributed by atoms with Gasteiger partial charge in [0, 0.05) is 0 Å². The molecule has 0 unspecified atom stereocenters. The van der Waals surface area contributed by atoms with E-state index in [1.807, 2.05) is 0 Å². The van der Waals surface area contributed by atoms with Crippen LogP contribution in [-0.2, 0) is 0 Å². The maximum atomic E-state index is 2.33. The Bertz CT molecular complexity index is 739. The van der Waals surface area contributed by atoms with Gasteiger partial charge in [0.25, 0.3) is 0 Å². The van der Waals surface area contributed by atoms with Crippen LogP contribution in [0.5, 0.6) is 0 Å². The highest BCUT2D eigenvalue weighted by atomic mass is 15.3. The van der Waals surface area contributed by atoms with Crippen molar-refractivity contribution in [1.82, 2.24) is 0 Å². The lowest BCUT2D eigenvalue weighted by Crippen LogP contribution is -2.50. The van der Waals surface area contributed by atoms with Crippen LogP contribution in [-0.4, -0.2) is 30.7 Å². The summed E-state index contributed by atoms with van der Waals surface area (Å²) >= 11 is 0. The van der Waals surface area contributed by atoms with Crippen molar-refractivity contribution in [3.63, 3.8) is 0 Å². The first-order valence-electron chi connectivity index (χ1n) is 32.6. The topological polar surface area (TPSA) is 0 Å². The van der Waals surface area contributed by atoms with E-state index >= 15 is 0 Å². The van der Waals surface area contributed by atoms with Crippen molar-refractivity contribution >= 4 is 0 Å². The molecule has 1 nitrogen and oxygen atoms in total. The van der Waals surface area contributed by atoms with Crippen molar-refractivity contribution < 1.29 is 4.48 Å². The summed E-state index contributed by atoms with van der Waals surface area (Å²) in [6, 6.07) is 0. The van der Waals surface area contributed by atoms with E-state index in [0.717, 1.165) is 0 Å². The van der Waals surface area contributed by atoms with E-state index in [1.165, 1.54) is 397 Å². The standard InChI is InChI=1S/C65H134N/c1-5-9-13-17-21-25-29-33-37-41-45-49-53-57-61-65-66(62-58-54-50-46-42-38-34-30-26-22-18-14-10-6-2,63-59-55-51-47-43-39-35-31-27-23-19-15-11-7-3)64-60-56-52-48-44-40-36-32-28-24-20-16-12-8-4/h5-65H2,1-4H3/q+1. The van der Waals surface area contributed by atoms with E-state index in [2.05, 4.69) is 27.7 Å². The molecule has 0 aliphatic rings. The second-order valence-electron chi connectivity index (χ2n) is 23.0. The molecule has 0 aromatic rings. The highest BCUT2D eigenvalue weighted by molar-refractivity contribution is 4.58. The average molecular weight is 930 g/mol. The fraction of sp³-hybridized carbons (Fsp3) is 1.00. The van der Waals surface area contributed by atoms with Gasteiger partial charge in [0.15, 0.2) is 0 Å². The average Bonchev–Trinajstić information content (AvgIpc) is 3.33. The summed E-state index contributed by atoms with van der Waals surface area (Å²) in [4.78, 5) is 0. The first-order chi connectivity index (χ1) is 32.7. The number of hydrogen-bond donors (Lipinski definition) is 0. The zero-order chi connectivity index (χ0) is 47.6. The van der Waals surface area contributed by atoms with Crippen molar-refractivity contribution in [2.24, 2.45) is 0 Å². The first kappa shape index (κ1) is 66.0. The lowest BCUT2D eigenvalue weighted by Gasteiger charge is -2.40. The Morgan fingerprint density at radius 1 is 0.121 bits per heavy atom. The molecule has 0 radical (unpaired) electrons. The van der Waals surface area contributed by atoms with Gasteiger partial charge < -0.3 is 4.48 Å². The smallest absolute Gasteiger partial charge is 0.0786 e. The van der Waals surface area contributed by atoms with Crippen LogP contribution >= 0.6 is 0 Å². The lowest BCUT2D eigenvalue weighted by molar-refractivity contribution is -0.929. The molecule has 0 saturated heterocycles. The SMILES string of the molecule is CCCCCCCCCCCCCCCCC[N+](CCCCCCCCCCCCCCCC)(CCCCCCCCCCCCCCCC)CCCCCCCCCCCCCCCC. The molecule has 0 aliphatic carbocycles. The minimum absolute atomic E-state index is 1.37. The Kier molecular flexibility index (Phi) is 59.2. The van der Waals surface area contributed by atoms with E-state index in [1.54, 1.807) is 0 Å². The van der Waals surface area contributed by atoms with Gasteiger partial charge in [-0.05, 0) is 51.4 Å². The van der Waals surface area contributed by atoms with Crippen LogP contribution in [0.2, 0.25) is 0 Å². The van der Waals surface area contributed by atoms with Crippen LogP contribution in [0, 0.1) is 0 Å². The normalized spacial score (nSPS) is 12.0. The molecule has 0 bridgehead atoms. The Morgan fingerprint density at radius 2 is 0.212 bits per heavy atom. The minimum atomic E-state index is 1.37. The van der Waals surface area contributed by atoms with Gasteiger partial charge in [0.05, 0.1) is 26.2 Å². The fourth-order valence-corrected chi connectivity index (χ4v) is 11.4. The van der Waals surface area contributed by atoms with Crippen LogP contribution in [0.1, 0.15) is 394 Å². The van der Waals surface area contributed by atoms with Crippen molar-refractivity contribution in [2.45, 2.75) is 394 Å². The maximum Gasteiger partial charge on any atom is 0.0786 e. The summed E-state index contributed by atoms with van der Waals surface area (Å²) in [6.45, 7) is 15.3. The van der Waals surface area contributed by atoms with Crippen LogP contribution in [0.15, 0.2) is 0 Å². The molecule has 0 N–H and O–H groups in total. The molecule has 0 aromatic heterocycles. The van der Waals surface area contributed by atoms with E-state index < -0.39 is 0 Å². The lowest BCUT2D eigenvalue weighted by atomic mass is 10.0. The van der Waals surface area contributed by atoms with Gasteiger partial charge >= 0.3 is 0 Å². The largest absolute Gasteiger partial charge is 0.324 e. The monoisotopic (exact) mass is 929 g/mol. The molecule has 0 rings (SSSR count). The quantitative estimate of drug-likeness (QED) is 0.0421. The molecule has 66 heavy (non-hydrogen) atoms. The molecule has 398 valence electrons. The van der Waals surface area contributed by atoms with E-state index in [4.69, 9.17) is 0 Å². The van der Waals surface area contributed by atoms with Crippen LogP contribution in [0.25, 0.3) is 0 Å². The predicted molar refractivity (Wildman–Crippen MR) is 306 cm³/mol. The van der Waals surface area contributed by atoms with Gasteiger partial charge in [-0.25, -0.2) is 0 Å². The molecule has 0 fully saturated rings. The highest BCUT2D eigenvalue weighted by Gasteiger charge is 2.26. The molecular formula is C65H134N+. The Labute approximate surface area is 422 Å². The van der Waals surface area contributed by atoms with Crippen LogP contribution in [0.4, 0.5) is 0 Å². The third-order valence-electron chi connectivity index (χ3n) is 16.2. The number of rotatable bonds is 61. The van der Waals surface area contributed by atoms with E-state index in [9.17, 15) is 0 Å². The molecular weight excluding hydrogens is 795 g/mol. The van der Waals surface area contributed by atoms with Gasteiger partial charge in [-0.2, -0.15) is 0 Å². The second-order valence-corrected chi connectivity index (χ2v) is 23.0. The summed E-state index contributed by atoms with van der Waals surface area (Å²) in [6.07, 6.45) is 84.2. The summed E-state index contributed by atoms with van der Waals surface area (Å²) in [5.74, 6) is 0. The number of hydrogen-bond acceptors (Lipinski definition) is 0. The van der Waals surface area contributed by atoms with Gasteiger partial charge in [0.2, 0.25) is 0 Å². The van der Waals surface area contributed by atoms with E-state index in [-0.39, 0.29) is 0 Å². The summed E-state index contributed by atoms with van der Waals surface area (Å²) < 4.78 is 1.49. The molecule has 0 amide bonds.